The highest BCUT2D eigenvalue weighted by atomic mass is 16.4. The number of hydrogen-bond acceptors (Lipinski definition) is 3. The van der Waals surface area contributed by atoms with Crippen molar-refractivity contribution in [3.63, 3.8) is 0 Å². The van der Waals surface area contributed by atoms with Gasteiger partial charge in [-0.05, 0) is 25.5 Å². The summed E-state index contributed by atoms with van der Waals surface area (Å²) in [5, 5.41) is 10.7. The lowest BCUT2D eigenvalue weighted by Crippen LogP contribution is -2.33. The standard InChI is InChI=1S/C13H14O3/c1-3-13(2,15)12(14)11-8-9-6-4-5-7-10(9)16-11/h4-8,15H,3H2,1-2H3. The molecule has 16 heavy (non-hydrogen) atoms. The average Bonchev–Trinajstić information content (AvgIpc) is 2.71. The molecule has 0 aliphatic heterocycles. The summed E-state index contributed by atoms with van der Waals surface area (Å²) in [4.78, 5) is 11.9. The fourth-order valence-corrected chi connectivity index (χ4v) is 1.52. The number of para-hydroxylation sites is 1. The van der Waals surface area contributed by atoms with Crippen LogP contribution in [0.5, 0.6) is 0 Å². The summed E-state index contributed by atoms with van der Waals surface area (Å²) in [6, 6.07) is 9.06. The summed E-state index contributed by atoms with van der Waals surface area (Å²) in [5.41, 5.74) is -0.689. The Hall–Kier alpha value is -1.61. The van der Waals surface area contributed by atoms with Gasteiger partial charge in [0.25, 0.3) is 0 Å². The summed E-state index contributed by atoms with van der Waals surface area (Å²) in [6.07, 6.45) is 0.364. The van der Waals surface area contributed by atoms with Crippen molar-refractivity contribution >= 4 is 16.8 Å². The first-order valence-corrected chi connectivity index (χ1v) is 5.30. The molecule has 1 aromatic heterocycles. The maximum atomic E-state index is 11.9. The lowest BCUT2D eigenvalue weighted by atomic mass is 9.96. The van der Waals surface area contributed by atoms with Crippen LogP contribution in [0.1, 0.15) is 30.8 Å². The quantitative estimate of drug-likeness (QED) is 0.806. The third kappa shape index (κ3) is 1.74. The van der Waals surface area contributed by atoms with Crippen LogP contribution >= 0.6 is 0 Å². The van der Waals surface area contributed by atoms with Gasteiger partial charge in [0.2, 0.25) is 5.78 Å². The predicted octanol–water partition coefficient (Wildman–Crippen LogP) is 2.78. The zero-order chi connectivity index (χ0) is 11.8. The number of carbonyl (C=O) groups is 1. The number of rotatable bonds is 3. The second-order valence-electron chi connectivity index (χ2n) is 4.11. The molecule has 1 N–H and O–H groups in total. The minimum atomic E-state index is -1.35. The Morgan fingerprint density at radius 1 is 1.44 bits per heavy atom. The molecule has 0 fully saturated rings. The van der Waals surface area contributed by atoms with E-state index < -0.39 is 5.60 Å². The topological polar surface area (TPSA) is 50.4 Å². The third-order valence-corrected chi connectivity index (χ3v) is 2.83. The highest BCUT2D eigenvalue weighted by molar-refractivity contribution is 6.02. The van der Waals surface area contributed by atoms with E-state index in [-0.39, 0.29) is 11.5 Å². The molecule has 0 bridgehead atoms. The molecule has 1 atom stereocenters. The number of ketones is 1. The van der Waals surface area contributed by atoms with E-state index in [1.807, 2.05) is 18.2 Å². The number of carbonyl (C=O) groups excluding carboxylic acids is 1. The van der Waals surface area contributed by atoms with Crippen LogP contribution in [0, 0.1) is 0 Å². The molecule has 2 rings (SSSR count). The van der Waals surface area contributed by atoms with Crippen molar-refractivity contribution in [1.29, 1.82) is 0 Å². The largest absolute Gasteiger partial charge is 0.453 e. The lowest BCUT2D eigenvalue weighted by Gasteiger charge is -2.17. The first-order valence-electron chi connectivity index (χ1n) is 5.30. The second kappa shape index (κ2) is 3.76. The summed E-state index contributed by atoms with van der Waals surface area (Å²) >= 11 is 0. The average molecular weight is 218 g/mol. The Kier molecular flexibility index (Phi) is 2.56. The van der Waals surface area contributed by atoms with Crippen molar-refractivity contribution in [2.45, 2.75) is 25.9 Å². The molecule has 0 aliphatic carbocycles. The van der Waals surface area contributed by atoms with Crippen LogP contribution in [0.3, 0.4) is 0 Å². The molecule has 3 heteroatoms. The van der Waals surface area contributed by atoms with E-state index in [4.69, 9.17) is 4.42 Å². The Bertz CT molecular complexity index is 490. The molecule has 0 radical (unpaired) electrons. The van der Waals surface area contributed by atoms with Gasteiger partial charge in [-0.1, -0.05) is 25.1 Å². The molecule has 0 saturated heterocycles. The Labute approximate surface area is 93.7 Å². The van der Waals surface area contributed by atoms with E-state index in [9.17, 15) is 9.90 Å². The minimum Gasteiger partial charge on any atom is -0.453 e. The van der Waals surface area contributed by atoms with Crippen LogP contribution in [-0.2, 0) is 0 Å². The van der Waals surface area contributed by atoms with Gasteiger partial charge in [0.1, 0.15) is 11.2 Å². The minimum absolute atomic E-state index is 0.216. The summed E-state index contributed by atoms with van der Waals surface area (Å²) in [5.74, 6) is -0.153. The predicted molar refractivity (Wildman–Crippen MR) is 61.5 cm³/mol. The number of fused-ring (bicyclic) bond motifs is 1. The van der Waals surface area contributed by atoms with Crippen molar-refractivity contribution in [2.24, 2.45) is 0 Å². The van der Waals surface area contributed by atoms with Gasteiger partial charge in [0.15, 0.2) is 5.76 Å². The Morgan fingerprint density at radius 2 is 2.12 bits per heavy atom. The fourth-order valence-electron chi connectivity index (χ4n) is 1.52. The molecular weight excluding hydrogens is 204 g/mol. The van der Waals surface area contributed by atoms with Gasteiger partial charge >= 0.3 is 0 Å². The highest BCUT2D eigenvalue weighted by Gasteiger charge is 2.31. The van der Waals surface area contributed by atoms with E-state index in [0.717, 1.165) is 5.39 Å². The van der Waals surface area contributed by atoms with Gasteiger partial charge in [0, 0.05) is 5.39 Å². The normalized spacial score (nSPS) is 14.9. The SMILES string of the molecule is CCC(C)(O)C(=O)c1cc2ccccc2o1. The van der Waals surface area contributed by atoms with Gasteiger partial charge in [-0.2, -0.15) is 0 Å². The van der Waals surface area contributed by atoms with E-state index >= 15 is 0 Å². The monoisotopic (exact) mass is 218 g/mol. The molecule has 84 valence electrons. The number of hydrogen-bond donors (Lipinski definition) is 1. The number of benzene rings is 1. The molecule has 2 aromatic rings. The van der Waals surface area contributed by atoms with Crippen molar-refractivity contribution in [3.05, 3.63) is 36.1 Å². The van der Waals surface area contributed by atoms with Crippen LogP contribution in [0.4, 0.5) is 0 Å². The van der Waals surface area contributed by atoms with E-state index in [2.05, 4.69) is 0 Å². The van der Waals surface area contributed by atoms with Gasteiger partial charge in [-0.15, -0.1) is 0 Å². The highest BCUT2D eigenvalue weighted by Crippen LogP contribution is 2.23. The molecule has 1 aromatic carbocycles. The molecule has 0 spiro atoms. The molecule has 1 heterocycles. The molecule has 0 aliphatic rings. The first kappa shape index (κ1) is 10.9. The van der Waals surface area contributed by atoms with E-state index in [1.165, 1.54) is 6.92 Å². The Balaban J connectivity index is 2.45. The number of aliphatic hydroxyl groups is 1. The molecular formula is C13H14O3. The maximum absolute atomic E-state index is 11.9. The van der Waals surface area contributed by atoms with E-state index in [1.54, 1.807) is 19.1 Å². The van der Waals surface area contributed by atoms with Crippen molar-refractivity contribution in [2.75, 3.05) is 0 Å². The van der Waals surface area contributed by atoms with Crippen LogP contribution in [0.25, 0.3) is 11.0 Å². The summed E-state index contributed by atoms with van der Waals surface area (Å²) in [6.45, 7) is 3.27. The summed E-state index contributed by atoms with van der Waals surface area (Å²) in [7, 11) is 0. The lowest BCUT2D eigenvalue weighted by molar-refractivity contribution is 0.0365. The van der Waals surface area contributed by atoms with Crippen molar-refractivity contribution < 1.29 is 14.3 Å². The van der Waals surface area contributed by atoms with Gasteiger partial charge in [0.05, 0.1) is 0 Å². The molecule has 3 nitrogen and oxygen atoms in total. The number of furan rings is 1. The van der Waals surface area contributed by atoms with Crippen LogP contribution in [0.2, 0.25) is 0 Å². The fraction of sp³-hybridized carbons (Fsp3) is 0.308. The van der Waals surface area contributed by atoms with Crippen molar-refractivity contribution in [3.8, 4) is 0 Å². The first-order chi connectivity index (χ1) is 7.54. The molecule has 0 saturated carbocycles. The van der Waals surface area contributed by atoms with Crippen LogP contribution < -0.4 is 0 Å². The Morgan fingerprint density at radius 3 is 2.75 bits per heavy atom. The smallest absolute Gasteiger partial charge is 0.229 e. The van der Waals surface area contributed by atoms with Gasteiger partial charge in [-0.25, -0.2) is 0 Å². The molecule has 0 amide bonds. The van der Waals surface area contributed by atoms with Gasteiger partial charge < -0.3 is 9.52 Å². The van der Waals surface area contributed by atoms with Gasteiger partial charge in [-0.3, -0.25) is 4.79 Å². The van der Waals surface area contributed by atoms with Crippen LogP contribution in [0.15, 0.2) is 34.7 Å². The number of Topliss-reactive ketones (excluding diaryl/α,β-unsaturated/α-hetero) is 1. The second-order valence-corrected chi connectivity index (χ2v) is 4.11. The van der Waals surface area contributed by atoms with E-state index in [0.29, 0.717) is 12.0 Å². The zero-order valence-corrected chi connectivity index (χ0v) is 9.36. The van der Waals surface area contributed by atoms with Crippen molar-refractivity contribution in [1.82, 2.24) is 0 Å². The van der Waals surface area contributed by atoms with Crippen LogP contribution in [-0.4, -0.2) is 16.5 Å². The third-order valence-electron chi connectivity index (χ3n) is 2.83. The zero-order valence-electron chi connectivity index (χ0n) is 9.36. The maximum Gasteiger partial charge on any atom is 0.229 e. The molecule has 1 unspecified atom stereocenters. The summed E-state index contributed by atoms with van der Waals surface area (Å²) < 4.78 is 5.41.